The summed E-state index contributed by atoms with van der Waals surface area (Å²) in [5, 5.41) is 2.13. The van der Waals surface area contributed by atoms with E-state index >= 15 is 0 Å². The van der Waals surface area contributed by atoms with Crippen molar-refractivity contribution in [3.8, 4) is 5.75 Å². The summed E-state index contributed by atoms with van der Waals surface area (Å²) in [6, 6.07) is 4.25. The van der Waals surface area contributed by atoms with Gasteiger partial charge in [-0.3, -0.25) is 14.9 Å². The van der Waals surface area contributed by atoms with Gasteiger partial charge >= 0.3 is 5.97 Å². The molecule has 0 saturated carbocycles. The average Bonchev–Trinajstić information content (AvgIpc) is 2.48. The maximum atomic E-state index is 11.6. The van der Waals surface area contributed by atoms with Crippen molar-refractivity contribution >= 4 is 17.8 Å². The van der Waals surface area contributed by atoms with Crippen LogP contribution in [0.4, 0.5) is 0 Å². The van der Waals surface area contributed by atoms with Crippen molar-refractivity contribution in [3.63, 3.8) is 0 Å². The number of hydrogen-bond acceptors (Lipinski definition) is 5. The second-order valence-electron chi connectivity index (χ2n) is 3.37. The number of fused-ring (bicyclic) bond motifs is 1. The molecule has 1 aliphatic heterocycles. The number of carbonyl (C=O) groups is 3. The summed E-state index contributed by atoms with van der Waals surface area (Å²) in [5.74, 6) is -1.41. The molecule has 1 heterocycles. The molecule has 2 amide bonds. The summed E-state index contributed by atoms with van der Waals surface area (Å²) in [6.07, 6.45) is 0. The van der Waals surface area contributed by atoms with Crippen molar-refractivity contribution in [2.24, 2.45) is 0 Å². The Morgan fingerprint density at radius 1 is 1.41 bits per heavy atom. The van der Waals surface area contributed by atoms with Gasteiger partial charge in [0.15, 0.2) is 6.61 Å². The Morgan fingerprint density at radius 2 is 2.18 bits per heavy atom. The summed E-state index contributed by atoms with van der Waals surface area (Å²) in [7, 11) is 1.24. The normalized spacial score (nSPS) is 14.2. The molecule has 17 heavy (non-hydrogen) atoms. The SMILES string of the molecule is COC(=O)c1ccc2c(c1)C(=O)NC(=O)CO2. The number of esters is 1. The number of ether oxygens (including phenoxy) is 2. The molecule has 0 saturated heterocycles. The second-order valence-corrected chi connectivity index (χ2v) is 3.37. The zero-order valence-corrected chi connectivity index (χ0v) is 8.98. The number of imide groups is 1. The molecule has 1 aliphatic rings. The molecule has 6 heteroatoms. The fraction of sp³-hybridized carbons (Fsp3) is 0.182. The van der Waals surface area contributed by atoms with E-state index in [0.717, 1.165) is 0 Å². The lowest BCUT2D eigenvalue weighted by atomic mass is 10.1. The van der Waals surface area contributed by atoms with Gasteiger partial charge in [0, 0.05) is 0 Å². The monoisotopic (exact) mass is 235 g/mol. The van der Waals surface area contributed by atoms with Crippen molar-refractivity contribution in [3.05, 3.63) is 29.3 Å². The number of amides is 2. The molecule has 0 aromatic heterocycles. The van der Waals surface area contributed by atoms with Gasteiger partial charge in [-0.05, 0) is 18.2 Å². The summed E-state index contributed by atoms with van der Waals surface area (Å²) < 4.78 is 9.65. The van der Waals surface area contributed by atoms with Crippen LogP contribution >= 0.6 is 0 Å². The van der Waals surface area contributed by atoms with E-state index in [1.54, 1.807) is 0 Å². The van der Waals surface area contributed by atoms with Gasteiger partial charge in [0.05, 0.1) is 18.2 Å². The van der Waals surface area contributed by atoms with Gasteiger partial charge < -0.3 is 9.47 Å². The summed E-state index contributed by atoms with van der Waals surface area (Å²) in [5.41, 5.74) is 0.359. The lowest BCUT2D eigenvalue weighted by Gasteiger charge is -2.06. The predicted octanol–water partition coefficient (Wildman–Crippen LogP) is 0.122. The number of benzene rings is 1. The van der Waals surface area contributed by atoms with Gasteiger partial charge in [0.1, 0.15) is 5.75 Å². The first-order valence-corrected chi connectivity index (χ1v) is 4.81. The Balaban J connectivity index is 2.44. The Bertz CT molecular complexity index is 509. The largest absolute Gasteiger partial charge is 0.483 e. The van der Waals surface area contributed by atoms with E-state index in [9.17, 15) is 14.4 Å². The summed E-state index contributed by atoms with van der Waals surface area (Å²) in [4.78, 5) is 34.0. The van der Waals surface area contributed by atoms with Gasteiger partial charge in [0.25, 0.3) is 11.8 Å². The quantitative estimate of drug-likeness (QED) is 0.552. The third-order valence-corrected chi connectivity index (χ3v) is 2.26. The highest BCUT2D eigenvalue weighted by molar-refractivity contribution is 6.08. The third kappa shape index (κ3) is 2.10. The average molecular weight is 235 g/mol. The molecule has 0 radical (unpaired) electrons. The first-order chi connectivity index (χ1) is 8.11. The number of rotatable bonds is 1. The van der Waals surface area contributed by atoms with Crippen LogP contribution in [0.3, 0.4) is 0 Å². The second kappa shape index (κ2) is 4.25. The van der Waals surface area contributed by atoms with E-state index in [1.165, 1.54) is 25.3 Å². The molecule has 0 fully saturated rings. The van der Waals surface area contributed by atoms with Crippen LogP contribution in [0.2, 0.25) is 0 Å². The van der Waals surface area contributed by atoms with Crippen LogP contribution in [0, 0.1) is 0 Å². The minimum Gasteiger partial charge on any atom is -0.483 e. The molecule has 2 rings (SSSR count). The summed E-state index contributed by atoms with van der Waals surface area (Å²) >= 11 is 0. The molecule has 1 aromatic carbocycles. The lowest BCUT2D eigenvalue weighted by Crippen LogP contribution is -2.31. The zero-order valence-electron chi connectivity index (χ0n) is 8.98. The standard InChI is InChI=1S/C11H9NO5/c1-16-11(15)6-2-3-8-7(4-6)10(14)12-9(13)5-17-8/h2-4H,5H2,1H3,(H,12,13,14). The minimum atomic E-state index is -0.590. The molecule has 0 aliphatic carbocycles. The number of methoxy groups -OCH3 is 1. The maximum Gasteiger partial charge on any atom is 0.337 e. The smallest absolute Gasteiger partial charge is 0.337 e. The van der Waals surface area contributed by atoms with Gasteiger partial charge in [-0.25, -0.2) is 4.79 Å². The molecular formula is C11H9NO5. The van der Waals surface area contributed by atoms with Crippen molar-refractivity contribution in [2.45, 2.75) is 0 Å². The molecule has 0 unspecified atom stereocenters. The van der Waals surface area contributed by atoms with Gasteiger partial charge in [-0.15, -0.1) is 0 Å². The van der Waals surface area contributed by atoms with E-state index in [0.29, 0.717) is 0 Å². The van der Waals surface area contributed by atoms with E-state index in [1.807, 2.05) is 0 Å². The van der Waals surface area contributed by atoms with Gasteiger partial charge in [-0.2, -0.15) is 0 Å². The third-order valence-electron chi connectivity index (χ3n) is 2.26. The topological polar surface area (TPSA) is 81.7 Å². The Hall–Kier alpha value is -2.37. The van der Waals surface area contributed by atoms with Crippen LogP contribution in [-0.4, -0.2) is 31.5 Å². The van der Waals surface area contributed by atoms with Crippen LogP contribution in [0.25, 0.3) is 0 Å². The zero-order chi connectivity index (χ0) is 12.4. The first-order valence-electron chi connectivity index (χ1n) is 4.81. The Labute approximate surface area is 96.5 Å². The van der Waals surface area contributed by atoms with Crippen molar-refractivity contribution in [2.75, 3.05) is 13.7 Å². The molecule has 1 N–H and O–H groups in total. The van der Waals surface area contributed by atoms with Gasteiger partial charge in [-0.1, -0.05) is 0 Å². The van der Waals surface area contributed by atoms with Crippen LogP contribution < -0.4 is 10.1 Å². The number of hydrogen-bond donors (Lipinski definition) is 1. The first kappa shape index (κ1) is 11.1. The number of nitrogens with one attached hydrogen (secondary N) is 1. The maximum absolute atomic E-state index is 11.6. The summed E-state index contributed by atoms with van der Waals surface area (Å²) in [6.45, 7) is -0.226. The lowest BCUT2D eigenvalue weighted by molar-refractivity contribution is -0.121. The molecule has 0 spiro atoms. The fourth-order valence-corrected chi connectivity index (χ4v) is 1.45. The van der Waals surface area contributed by atoms with Crippen LogP contribution in [0.5, 0.6) is 5.75 Å². The van der Waals surface area contributed by atoms with E-state index in [4.69, 9.17) is 4.74 Å². The van der Waals surface area contributed by atoms with Gasteiger partial charge in [0.2, 0.25) is 0 Å². The van der Waals surface area contributed by atoms with Crippen LogP contribution in [0.15, 0.2) is 18.2 Å². The molecule has 88 valence electrons. The highest BCUT2D eigenvalue weighted by Crippen LogP contribution is 2.22. The van der Waals surface area contributed by atoms with E-state index in [2.05, 4.69) is 10.1 Å². The molecule has 0 atom stereocenters. The van der Waals surface area contributed by atoms with E-state index in [-0.39, 0.29) is 23.5 Å². The minimum absolute atomic E-state index is 0.138. The Morgan fingerprint density at radius 3 is 2.88 bits per heavy atom. The Kier molecular flexibility index (Phi) is 2.78. The highest BCUT2D eigenvalue weighted by Gasteiger charge is 2.22. The van der Waals surface area contributed by atoms with Crippen molar-refractivity contribution in [1.29, 1.82) is 0 Å². The number of carbonyl (C=O) groups excluding carboxylic acids is 3. The molecular weight excluding hydrogens is 226 g/mol. The molecule has 1 aromatic rings. The predicted molar refractivity (Wildman–Crippen MR) is 55.7 cm³/mol. The van der Waals surface area contributed by atoms with Crippen LogP contribution in [0.1, 0.15) is 20.7 Å². The molecule has 6 nitrogen and oxygen atoms in total. The fourth-order valence-electron chi connectivity index (χ4n) is 1.45. The van der Waals surface area contributed by atoms with Crippen molar-refractivity contribution in [1.82, 2.24) is 5.32 Å². The van der Waals surface area contributed by atoms with Crippen molar-refractivity contribution < 1.29 is 23.9 Å². The highest BCUT2D eigenvalue weighted by atomic mass is 16.5. The van der Waals surface area contributed by atoms with E-state index < -0.39 is 17.8 Å². The van der Waals surface area contributed by atoms with Crippen LogP contribution in [-0.2, 0) is 9.53 Å². The molecule has 0 bridgehead atoms.